The lowest BCUT2D eigenvalue weighted by Crippen LogP contribution is -2.44. The van der Waals surface area contributed by atoms with E-state index >= 15 is 0 Å². The Bertz CT molecular complexity index is 638. The van der Waals surface area contributed by atoms with Crippen LogP contribution in [0.4, 0.5) is 13.2 Å². The number of benzene rings is 1. The van der Waals surface area contributed by atoms with Gasteiger partial charge in [0.05, 0.1) is 11.6 Å². The van der Waals surface area contributed by atoms with Gasteiger partial charge in [0.15, 0.2) is 5.82 Å². The zero-order valence-electron chi connectivity index (χ0n) is 11.9. The summed E-state index contributed by atoms with van der Waals surface area (Å²) < 4.78 is 42.8. The van der Waals surface area contributed by atoms with Crippen molar-refractivity contribution in [1.29, 1.82) is 0 Å². The first-order chi connectivity index (χ1) is 10.4. The summed E-state index contributed by atoms with van der Waals surface area (Å²) >= 11 is 0. The first-order valence-corrected chi connectivity index (χ1v) is 6.87. The van der Waals surface area contributed by atoms with Crippen LogP contribution >= 0.6 is 0 Å². The van der Waals surface area contributed by atoms with E-state index in [9.17, 15) is 13.2 Å². The van der Waals surface area contributed by atoms with Gasteiger partial charge in [-0.2, -0.15) is 18.2 Å². The summed E-state index contributed by atoms with van der Waals surface area (Å²) in [7, 11) is 1.97. The highest BCUT2D eigenvalue weighted by Gasteiger charge is 2.30. The zero-order chi connectivity index (χ0) is 15.7. The number of nitrogens with one attached hydrogen (secondary N) is 1. The highest BCUT2D eigenvalue weighted by Crippen LogP contribution is 2.31. The third-order valence-corrected chi connectivity index (χ3v) is 3.71. The lowest BCUT2D eigenvalue weighted by molar-refractivity contribution is -0.137. The SMILES string of the molecule is CN1CCNCC1c1noc(-c2ccc(C(F)(F)F)cc2)n1. The Hall–Kier alpha value is -1.93. The summed E-state index contributed by atoms with van der Waals surface area (Å²) in [6.45, 7) is 2.48. The molecule has 1 unspecified atom stereocenters. The number of alkyl halides is 3. The lowest BCUT2D eigenvalue weighted by Gasteiger charge is -2.30. The summed E-state index contributed by atoms with van der Waals surface area (Å²) in [6.07, 6.45) is -4.35. The van der Waals surface area contributed by atoms with Gasteiger partial charge in [0.25, 0.3) is 5.89 Å². The standard InChI is InChI=1S/C14H15F3N4O/c1-21-7-6-18-8-11(21)12-19-13(22-20-12)9-2-4-10(5-3-9)14(15,16)17/h2-5,11,18H,6-8H2,1H3. The predicted octanol–water partition coefficient (Wildman–Crippen LogP) is 2.33. The quantitative estimate of drug-likeness (QED) is 0.922. The van der Waals surface area contributed by atoms with Crippen LogP contribution in [-0.2, 0) is 6.18 Å². The van der Waals surface area contributed by atoms with Crippen molar-refractivity contribution in [2.45, 2.75) is 12.2 Å². The van der Waals surface area contributed by atoms with Gasteiger partial charge < -0.3 is 9.84 Å². The molecule has 0 spiro atoms. The van der Waals surface area contributed by atoms with Crippen molar-refractivity contribution in [2.75, 3.05) is 26.7 Å². The number of hydrogen-bond acceptors (Lipinski definition) is 5. The molecule has 2 aromatic rings. The third-order valence-electron chi connectivity index (χ3n) is 3.71. The maximum atomic E-state index is 12.5. The highest BCUT2D eigenvalue weighted by molar-refractivity contribution is 5.53. The van der Waals surface area contributed by atoms with Gasteiger partial charge in [-0.1, -0.05) is 5.16 Å². The Kier molecular flexibility index (Phi) is 3.88. The minimum Gasteiger partial charge on any atom is -0.334 e. The topological polar surface area (TPSA) is 54.2 Å². The minimum absolute atomic E-state index is 0.000647. The van der Waals surface area contributed by atoms with Crippen LogP contribution < -0.4 is 5.32 Å². The molecule has 8 heteroatoms. The fraction of sp³-hybridized carbons (Fsp3) is 0.429. The molecule has 0 aliphatic carbocycles. The third kappa shape index (κ3) is 2.97. The van der Waals surface area contributed by atoms with Crippen LogP contribution in [0.25, 0.3) is 11.5 Å². The van der Waals surface area contributed by atoms with Crippen LogP contribution in [0.3, 0.4) is 0 Å². The number of hydrogen-bond donors (Lipinski definition) is 1. The molecule has 22 heavy (non-hydrogen) atoms. The van der Waals surface area contributed by atoms with Crippen molar-refractivity contribution in [2.24, 2.45) is 0 Å². The summed E-state index contributed by atoms with van der Waals surface area (Å²) in [6, 6.07) is 4.69. The summed E-state index contributed by atoms with van der Waals surface area (Å²) in [5, 5.41) is 7.20. The highest BCUT2D eigenvalue weighted by atomic mass is 19.4. The number of likely N-dealkylation sites (N-methyl/N-ethyl adjacent to an activating group) is 1. The van der Waals surface area contributed by atoms with Gasteiger partial charge in [-0.25, -0.2) is 0 Å². The van der Waals surface area contributed by atoms with E-state index in [-0.39, 0.29) is 11.9 Å². The Morgan fingerprint density at radius 1 is 1.27 bits per heavy atom. The molecule has 0 saturated carbocycles. The molecule has 1 aromatic carbocycles. The Morgan fingerprint density at radius 3 is 2.64 bits per heavy atom. The number of rotatable bonds is 2. The van der Waals surface area contributed by atoms with E-state index in [4.69, 9.17) is 4.52 Å². The van der Waals surface area contributed by atoms with E-state index in [0.29, 0.717) is 17.9 Å². The molecule has 1 N–H and O–H groups in total. The van der Waals surface area contributed by atoms with Gasteiger partial charge in [-0.15, -0.1) is 0 Å². The molecule has 1 aliphatic heterocycles. The van der Waals surface area contributed by atoms with Gasteiger partial charge in [0, 0.05) is 25.2 Å². The molecule has 5 nitrogen and oxygen atoms in total. The largest absolute Gasteiger partial charge is 0.416 e. The number of halogens is 3. The second kappa shape index (κ2) is 5.69. The number of aromatic nitrogens is 2. The molecule has 1 fully saturated rings. The van der Waals surface area contributed by atoms with Gasteiger partial charge >= 0.3 is 6.18 Å². The molecule has 3 rings (SSSR count). The van der Waals surface area contributed by atoms with E-state index in [1.807, 2.05) is 7.05 Å². The molecular weight excluding hydrogens is 297 g/mol. The van der Waals surface area contributed by atoms with Crippen LogP contribution in [0.1, 0.15) is 17.4 Å². The summed E-state index contributed by atoms with van der Waals surface area (Å²) in [4.78, 5) is 6.41. The summed E-state index contributed by atoms with van der Waals surface area (Å²) in [5.41, 5.74) is -0.231. The monoisotopic (exact) mass is 312 g/mol. The molecule has 1 atom stereocenters. The average molecular weight is 312 g/mol. The van der Waals surface area contributed by atoms with E-state index in [0.717, 1.165) is 25.2 Å². The molecule has 2 heterocycles. The maximum absolute atomic E-state index is 12.5. The van der Waals surface area contributed by atoms with Crippen LogP contribution in [0.15, 0.2) is 28.8 Å². The molecule has 1 aromatic heterocycles. The minimum atomic E-state index is -4.35. The molecule has 0 radical (unpaired) electrons. The Morgan fingerprint density at radius 2 is 2.00 bits per heavy atom. The number of nitrogens with zero attached hydrogens (tertiary/aromatic N) is 3. The molecule has 1 saturated heterocycles. The average Bonchev–Trinajstić information content (AvgIpc) is 2.96. The van der Waals surface area contributed by atoms with E-state index in [1.54, 1.807) is 0 Å². The van der Waals surface area contributed by atoms with E-state index in [1.165, 1.54) is 12.1 Å². The van der Waals surface area contributed by atoms with Gasteiger partial charge in [-0.3, -0.25) is 4.90 Å². The van der Waals surface area contributed by atoms with Crippen molar-refractivity contribution >= 4 is 0 Å². The van der Waals surface area contributed by atoms with Crippen LogP contribution in [0.2, 0.25) is 0 Å². The lowest BCUT2D eigenvalue weighted by atomic mass is 10.1. The zero-order valence-corrected chi connectivity index (χ0v) is 11.9. The molecule has 0 bridgehead atoms. The van der Waals surface area contributed by atoms with Gasteiger partial charge in [0.1, 0.15) is 0 Å². The van der Waals surface area contributed by atoms with Gasteiger partial charge in [0.2, 0.25) is 0 Å². The molecule has 118 valence electrons. The predicted molar refractivity (Wildman–Crippen MR) is 73.0 cm³/mol. The van der Waals surface area contributed by atoms with E-state index < -0.39 is 11.7 Å². The van der Waals surface area contributed by atoms with Crippen molar-refractivity contribution in [3.63, 3.8) is 0 Å². The normalized spacial score (nSPS) is 20.3. The van der Waals surface area contributed by atoms with Crippen molar-refractivity contribution in [3.05, 3.63) is 35.7 Å². The first-order valence-electron chi connectivity index (χ1n) is 6.87. The molecule has 0 amide bonds. The smallest absolute Gasteiger partial charge is 0.334 e. The van der Waals surface area contributed by atoms with Crippen molar-refractivity contribution in [3.8, 4) is 11.5 Å². The van der Waals surface area contributed by atoms with Gasteiger partial charge in [-0.05, 0) is 31.3 Å². The Balaban J connectivity index is 1.81. The van der Waals surface area contributed by atoms with Crippen LogP contribution in [0.5, 0.6) is 0 Å². The summed E-state index contributed by atoms with van der Waals surface area (Å²) in [5.74, 6) is 0.757. The van der Waals surface area contributed by atoms with Crippen LogP contribution in [0, 0.1) is 0 Å². The molecular formula is C14H15F3N4O. The molecule has 1 aliphatic rings. The van der Waals surface area contributed by atoms with E-state index in [2.05, 4.69) is 20.4 Å². The van der Waals surface area contributed by atoms with Crippen molar-refractivity contribution < 1.29 is 17.7 Å². The number of piperazine rings is 1. The Labute approximate surface area is 125 Å². The second-order valence-electron chi connectivity index (χ2n) is 5.23. The fourth-order valence-corrected chi connectivity index (χ4v) is 2.38. The maximum Gasteiger partial charge on any atom is 0.416 e. The van der Waals surface area contributed by atoms with Crippen LogP contribution in [-0.4, -0.2) is 41.7 Å². The first kappa shape index (κ1) is 15.0. The van der Waals surface area contributed by atoms with Crippen molar-refractivity contribution in [1.82, 2.24) is 20.4 Å². The second-order valence-corrected chi connectivity index (χ2v) is 5.23. The fourth-order valence-electron chi connectivity index (χ4n) is 2.38.